The van der Waals surface area contributed by atoms with Gasteiger partial charge in [0, 0.05) is 11.1 Å². The van der Waals surface area contributed by atoms with Crippen molar-refractivity contribution in [3.8, 4) is 17.2 Å². The number of nitrogens with one attached hydrogen (secondary N) is 2. The molecule has 0 aliphatic carbocycles. The van der Waals surface area contributed by atoms with E-state index in [4.69, 9.17) is 25.8 Å². The fraction of sp³-hybridized carbons (Fsp3) is 0.103. The largest absolute Gasteiger partial charge is 0.493 e. The van der Waals surface area contributed by atoms with Gasteiger partial charge in [-0.05, 0) is 47.2 Å². The van der Waals surface area contributed by atoms with Gasteiger partial charge in [-0.15, -0.1) is 0 Å². The van der Waals surface area contributed by atoms with E-state index in [0.29, 0.717) is 22.6 Å². The third-order valence-corrected chi connectivity index (χ3v) is 5.99. The molecule has 39 heavy (non-hydrogen) atoms. The van der Waals surface area contributed by atoms with Gasteiger partial charge in [-0.1, -0.05) is 54.1 Å². The number of amides is 2. The number of carbonyl (C=O) groups excluding carboxylic acids is 3. The van der Waals surface area contributed by atoms with Gasteiger partial charge in [0.1, 0.15) is 5.75 Å². The van der Waals surface area contributed by atoms with Gasteiger partial charge < -0.3 is 19.5 Å². The molecule has 10 heteroatoms. The second-order valence-corrected chi connectivity index (χ2v) is 8.52. The van der Waals surface area contributed by atoms with Crippen LogP contribution in [0.15, 0.2) is 84.0 Å². The van der Waals surface area contributed by atoms with Crippen LogP contribution in [0.2, 0.25) is 5.02 Å². The minimum Gasteiger partial charge on any atom is -0.493 e. The van der Waals surface area contributed by atoms with Gasteiger partial charge in [0.2, 0.25) is 0 Å². The van der Waals surface area contributed by atoms with Gasteiger partial charge in [-0.2, -0.15) is 5.10 Å². The topological polar surface area (TPSA) is 115 Å². The van der Waals surface area contributed by atoms with Gasteiger partial charge in [-0.3, -0.25) is 9.59 Å². The number of hydrogen-bond acceptors (Lipinski definition) is 7. The van der Waals surface area contributed by atoms with Crippen LogP contribution in [0.4, 0.5) is 0 Å². The Labute approximate surface area is 229 Å². The van der Waals surface area contributed by atoms with Crippen molar-refractivity contribution in [2.75, 3.05) is 20.8 Å². The molecule has 0 bridgehead atoms. The number of hydrogen-bond donors (Lipinski definition) is 2. The van der Waals surface area contributed by atoms with Crippen LogP contribution in [-0.4, -0.2) is 44.8 Å². The molecule has 4 aromatic rings. The van der Waals surface area contributed by atoms with Crippen molar-refractivity contribution in [1.82, 2.24) is 10.7 Å². The van der Waals surface area contributed by atoms with E-state index < -0.39 is 17.8 Å². The van der Waals surface area contributed by atoms with E-state index in [1.807, 2.05) is 30.3 Å². The minimum atomic E-state index is -0.632. The molecule has 0 aliphatic heterocycles. The van der Waals surface area contributed by atoms with Crippen molar-refractivity contribution in [3.05, 3.63) is 101 Å². The van der Waals surface area contributed by atoms with Crippen LogP contribution >= 0.6 is 11.6 Å². The molecule has 0 radical (unpaired) electrons. The van der Waals surface area contributed by atoms with Crippen molar-refractivity contribution in [1.29, 1.82) is 0 Å². The maximum Gasteiger partial charge on any atom is 0.345 e. The summed E-state index contributed by atoms with van der Waals surface area (Å²) in [6.45, 7) is -0.325. The number of fused-ring (bicyclic) bond motifs is 1. The van der Waals surface area contributed by atoms with Gasteiger partial charge in [0.05, 0.1) is 37.6 Å². The zero-order valence-corrected chi connectivity index (χ0v) is 21.8. The molecule has 0 saturated heterocycles. The zero-order chi connectivity index (χ0) is 27.8. The van der Waals surface area contributed by atoms with Crippen molar-refractivity contribution in [2.24, 2.45) is 5.10 Å². The fourth-order valence-corrected chi connectivity index (χ4v) is 3.94. The highest BCUT2D eigenvalue weighted by Gasteiger charge is 2.16. The first-order chi connectivity index (χ1) is 18.9. The number of rotatable bonds is 9. The number of hydrazone groups is 1. The quantitative estimate of drug-likeness (QED) is 0.137. The second-order valence-electron chi connectivity index (χ2n) is 8.11. The first-order valence-electron chi connectivity index (χ1n) is 11.7. The molecule has 0 aliphatic rings. The van der Waals surface area contributed by atoms with Crippen molar-refractivity contribution in [2.45, 2.75) is 0 Å². The molecule has 4 rings (SSSR count). The number of benzene rings is 4. The third kappa shape index (κ3) is 6.52. The number of ether oxygens (including phenoxy) is 3. The Kier molecular flexibility index (Phi) is 8.75. The van der Waals surface area contributed by atoms with E-state index >= 15 is 0 Å². The third-order valence-electron chi connectivity index (χ3n) is 5.67. The molecule has 0 spiro atoms. The average molecular weight is 546 g/mol. The van der Waals surface area contributed by atoms with Gasteiger partial charge in [0.15, 0.2) is 11.5 Å². The number of nitrogens with zero attached hydrogens (tertiary/aromatic N) is 1. The monoisotopic (exact) mass is 545 g/mol. The Balaban J connectivity index is 1.46. The molecular weight excluding hydrogens is 522 g/mol. The molecule has 198 valence electrons. The van der Waals surface area contributed by atoms with Gasteiger partial charge in [-0.25, -0.2) is 10.2 Å². The highest BCUT2D eigenvalue weighted by atomic mass is 35.5. The molecule has 0 unspecified atom stereocenters. The predicted molar refractivity (Wildman–Crippen MR) is 148 cm³/mol. The summed E-state index contributed by atoms with van der Waals surface area (Å²) in [5.41, 5.74) is 3.36. The van der Waals surface area contributed by atoms with Gasteiger partial charge in [0.25, 0.3) is 11.8 Å². The SMILES string of the molecule is COc1ccc(C(=O)NCC(=O)N/N=C\c2c(OC(=O)c3ccccc3Cl)ccc3ccccc23)cc1OC. The van der Waals surface area contributed by atoms with E-state index in [1.165, 1.54) is 26.5 Å². The molecule has 0 saturated carbocycles. The summed E-state index contributed by atoms with van der Waals surface area (Å²) in [7, 11) is 2.96. The standard InChI is InChI=1S/C29H24ClN3O6/c1-37-25-14-12-19(15-26(25)38-2)28(35)31-17-27(34)33-32-16-22-20-8-4-3-7-18(20)11-13-24(22)39-29(36)21-9-5-6-10-23(21)30/h3-16H,17H2,1-2H3,(H,31,35)(H,33,34)/b32-16-. The van der Waals surface area contributed by atoms with Crippen LogP contribution in [0.1, 0.15) is 26.3 Å². The molecule has 2 N–H and O–H groups in total. The van der Waals surface area contributed by atoms with E-state index in [0.717, 1.165) is 10.8 Å². The summed E-state index contributed by atoms with van der Waals surface area (Å²) in [4.78, 5) is 37.6. The number of halogens is 1. The van der Waals surface area contributed by atoms with Crippen LogP contribution < -0.4 is 25.0 Å². The fourth-order valence-electron chi connectivity index (χ4n) is 3.73. The maximum atomic E-state index is 12.8. The highest BCUT2D eigenvalue weighted by Crippen LogP contribution is 2.29. The number of carbonyl (C=O) groups is 3. The van der Waals surface area contributed by atoms with Crippen LogP contribution in [0, 0.1) is 0 Å². The van der Waals surface area contributed by atoms with Crippen molar-refractivity contribution in [3.63, 3.8) is 0 Å². The Hall–Kier alpha value is -4.89. The smallest absolute Gasteiger partial charge is 0.345 e. The maximum absolute atomic E-state index is 12.8. The van der Waals surface area contributed by atoms with E-state index in [1.54, 1.807) is 42.5 Å². The Morgan fingerprint density at radius 2 is 1.59 bits per heavy atom. The lowest BCUT2D eigenvalue weighted by atomic mass is 10.0. The van der Waals surface area contributed by atoms with Crippen LogP contribution in [0.3, 0.4) is 0 Å². The minimum absolute atomic E-state index is 0.216. The Morgan fingerprint density at radius 3 is 2.36 bits per heavy atom. The summed E-state index contributed by atoms with van der Waals surface area (Å²) in [5.74, 6) is -0.564. The van der Waals surface area contributed by atoms with Crippen molar-refractivity contribution < 1.29 is 28.6 Å². The Morgan fingerprint density at radius 1 is 0.872 bits per heavy atom. The van der Waals surface area contributed by atoms with E-state index in [-0.39, 0.29) is 22.9 Å². The van der Waals surface area contributed by atoms with Crippen LogP contribution in [-0.2, 0) is 4.79 Å². The van der Waals surface area contributed by atoms with Crippen LogP contribution in [0.5, 0.6) is 17.2 Å². The predicted octanol–water partition coefficient (Wildman–Crippen LogP) is 4.61. The summed E-state index contributed by atoms with van der Waals surface area (Å²) in [6.07, 6.45) is 1.38. The zero-order valence-electron chi connectivity index (χ0n) is 21.1. The van der Waals surface area contributed by atoms with Crippen LogP contribution in [0.25, 0.3) is 10.8 Å². The molecule has 0 atom stereocenters. The summed E-state index contributed by atoms with van der Waals surface area (Å²) in [6, 6.07) is 22.1. The number of esters is 1. The summed E-state index contributed by atoms with van der Waals surface area (Å²) >= 11 is 6.14. The summed E-state index contributed by atoms with van der Waals surface area (Å²) in [5, 5.41) is 8.44. The molecule has 0 heterocycles. The lowest BCUT2D eigenvalue weighted by Gasteiger charge is -2.11. The lowest BCUT2D eigenvalue weighted by molar-refractivity contribution is -0.120. The first kappa shape index (κ1) is 27.2. The molecule has 2 amide bonds. The molecule has 0 fully saturated rings. The van der Waals surface area contributed by atoms with E-state index in [2.05, 4.69) is 15.8 Å². The van der Waals surface area contributed by atoms with Crippen molar-refractivity contribution >= 4 is 46.4 Å². The molecule has 0 aromatic heterocycles. The Bertz CT molecular complexity index is 1570. The summed E-state index contributed by atoms with van der Waals surface area (Å²) < 4.78 is 16.0. The number of methoxy groups -OCH3 is 2. The molecular formula is C29H24ClN3O6. The van der Waals surface area contributed by atoms with E-state index in [9.17, 15) is 14.4 Å². The molecule has 9 nitrogen and oxygen atoms in total. The first-order valence-corrected chi connectivity index (χ1v) is 12.1. The normalized spacial score (nSPS) is 10.7. The second kappa shape index (κ2) is 12.6. The lowest BCUT2D eigenvalue weighted by Crippen LogP contribution is -2.34. The average Bonchev–Trinajstić information content (AvgIpc) is 2.96. The van der Waals surface area contributed by atoms with Gasteiger partial charge >= 0.3 is 5.97 Å². The highest BCUT2D eigenvalue weighted by molar-refractivity contribution is 6.33. The molecule has 4 aromatic carbocycles.